The lowest BCUT2D eigenvalue weighted by molar-refractivity contribution is -0.120. The third-order valence-corrected chi connectivity index (χ3v) is 4.39. The fourth-order valence-corrected chi connectivity index (χ4v) is 2.96. The van der Waals surface area contributed by atoms with Crippen LogP contribution in [0.2, 0.25) is 0 Å². The van der Waals surface area contributed by atoms with Crippen LogP contribution < -0.4 is 16.0 Å². The zero-order valence-electron chi connectivity index (χ0n) is 15.8. The monoisotopic (exact) mass is 473 g/mol. The topological polar surface area (TPSA) is 68.8 Å². The highest BCUT2D eigenvalue weighted by atomic mass is 127. The number of nitrogens with zero attached hydrogens (tertiary/aromatic N) is 2. The number of likely N-dealkylation sites (tertiary alicyclic amines) is 1. The Labute approximate surface area is 174 Å². The fourth-order valence-electron chi connectivity index (χ4n) is 2.96. The van der Waals surface area contributed by atoms with Gasteiger partial charge < -0.3 is 16.0 Å². The first kappa shape index (κ1) is 22.7. The van der Waals surface area contributed by atoms with Gasteiger partial charge in [-0.05, 0) is 24.8 Å². The molecule has 1 saturated heterocycles. The van der Waals surface area contributed by atoms with E-state index in [1.165, 1.54) is 5.56 Å². The van der Waals surface area contributed by atoms with Crippen LogP contribution in [-0.4, -0.2) is 56.0 Å². The number of guanidine groups is 1. The van der Waals surface area contributed by atoms with Gasteiger partial charge in [-0.2, -0.15) is 0 Å². The van der Waals surface area contributed by atoms with E-state index in [0.717, 1.165) is 38.9 Å². The van der Waals surface area contributed by atoms with Crippen molar-refractivity contribution in [3.8, 4) is 0 Å². The summed E-state index contributed by atoms with van der Waals surface area (Å²) in [6.07, 6.45) is 3.10. The lowest BCUT2D eigenvalue weighted by atomic mass is 10.0. The zero-order valence-corrected chi connectivity index (χ0v) is 18.2. The SMILES string of the molecule is CCCNC(=O)CNC(=NC)NC1CCN(Cc2ccccc2)CC1.I. The van der Waals surface area contributed by atoms with Crippen LogP contribution in [0.1, 0.15) is 31.7 Å². The molecule has 1 aromatic rings. The number of hydrogen-bond acceptors (Lipinski definition) is 3. The molecule has 1 amide bonds. The van der Waals surface area contributed by atoms with Crippen molar-refractivity contribution in [1.29, 1.82) is 0 Å². The zero-order chi connectivity index (χ0) is 17.9. The average molecular weight is 473 g/mol. The second kappa shape index (κ2) is 12.9. The van der Waals surface area contributed by atoms with Gasteiger partial charge >= 0.3 is 0 Å². The van der Waals surface area contributed by atoms with Crippen LogP contribution in [0, 0.1) is 0 Å². The van der Waals surface area contributed by atoms with Gasteiger partial charge in [0.25, 0.3) is 0 Å². The molecule has 0 spiro atoms. The summed E-state index contributed by atoms with van der Waals surface area (Å²) in [5.41, 5.74) is 1.37. The van der Waals surface area contributed by atoms with Crippen molar-refractivity contribution in [2.45, 2.75) is 38.8 Å². The van der Waals surface area contributed by atoms with Gasteiger partial charge in [-0.3, -0.25) is 14.7 Å². The van der Waals surface area contributed by atoms with Gasteiger partial charge in [-0.15, -0.1) is 24.0 Å². The van der Waals surface area contributed by atoms with Crippen LogP contribution in [0.3, 0.4) is 0 Å². The van der Waals surface area contributed by atoms with Crippen LogP contribution in [0.4, 0.5) is 0 Å². The van der Waals surface area contributed by atoms with Crippen molar-refractivity contribution >= 4 is 35.8 Å². The Hall–Kier alpha value is -1.35. The van der Waals surface area contributed by atoms with Gasteiger partial charge in [-0.25, -0.2) is 0 Å². The summed E-state index contributed by atoms with van der Waals surface area (Å²) < 4.78 is 0. The molecule has 2 rings (SSSR count). The molecule has 1 aliphatic rings. The Morgan fingerprint density at radius 2 is 1.88 bits per heavy atom. The predicted molar refractivity (Wildman–Crippen MR) is 118 cm³/mol. The highest BCUT2D eigenvalue weighted by molar-refractivity contribution is 14.0. The molecule has 0 unspecified atom stereocenters. The molecular formula is C19H32IN5O. The van der Waals surface area contributed by atoms with E-state index in [2.05, 4.69) is 56.2 Å². The summed E-state index contributed by atoms with van der Waals surface area (Å²) >= 11 is 0. The largest absolute Gasteiger partial charge is 0.355 e. The molecule has 0 radical (unpaired) electrons. The summed E-state index contributed by atoms with van der Waals surface area (Å²) in [5, 5.41) is 9.38. The molecule has 1 fully saturated rings. The third kappa shape index (κ3) is 8.35. The lowest BCUT2D eigenvalue weighted by Gasteiger charge is -2.33. The molecule has 0 atom stereocenters. The van der Waals surface area contributed by atoms with Crippen LogP contribution in [0.15, 0.2) is 35.3 Å². The Bertz CT molecular complexity index is 544. The summed E-state index contributed by atoms with van der Waals surface area (Å²) in [7, 11) is 1.74. The summed E-state index contributed by atoms with van der Waals surface area (Å²) in [6.45, 7) is 6.16. The molecule has 6 nitrogen and oxygen atoms in total. The number of aliphatic imine (C=N–C) groups is 1. The number of carbonyl (C=O) groups is 1. The maximum absolute atomic E-state index is 11.7. The molecule has 26 heavy (non-hydrogen) atoms. The van der Waals surface area contributed by atoms with Crippen LogP contribution >= 0.6 is 24.0 Å². The lowest BCUT2D eigenvalue weighted by Crippen LogP contribution is -2.50. The molecular weight excluding hydrogens is 441 g/mol. The van der Waals surface area contributed by atoms with E-state index in [-0.39, 0.29) is 36.4 Å². The molecule has 1 aliphatic heterocycles. The van der Waals surface area contributed by atoms with Gasteiger partial charge in [0.2, 0.25) is 5.91 Å². The van der Waals surface area contributed by atoms with E-state index in [9.17, 15) is 4.79 Å². The number of piperidine rings is 1. The highest BCUT2D eigenvalue weighted by Gasteiger charge is 2.20. The minimum absolute atomic E-state index is 0. The molecule has 1 aromatic carbocycles. The highest BCUT2D eigenvalue weighted by Crippen LogP contribution is 2.13. The Morgan fingerprint density at radius 3 is 2.50 bits per heavy atom. The number of amides is 1. The summed E-state index contributed by atoms with van der Waals surface area (Å²) in [5.74, 6) is 0.704. The van der Waals surface area contributed by atoms with Gasteiger partial charge in [-0.1, -0.05) is 37.3 Å². The van der Waals surface area contributed by atoms with E-state index in [0.29, 0.717) is 18.5 Å². The van der Waals surface area contributed by atoms with Gasteiger partial charge in [0.15, 0.2) is 5.96 Å². The number of rotatable bonds is 7. The molecule has 3 N–H and O–H groups in total. The Kier molecular flexibility index (Phi) is 11.3. The average Bonchev–Trinajstić information content (AvgIpc) is 2.65. The fraction of sp³-hybridized carbons (Fsp3) is 0.579. The van der Waals surface area contributed by atoms with Gasteiger partial charge in [0.1, 0.15) is 0 Å². The molecule has 0 saturated carbocycles. The molecule has 0 aliphatic carbocycles. The van der Waals surface area contributed by atoms with Crippen LogP contribution in [0.5, 0.6) is 0 Å². The maximum Gasteiger partial charge on any atom is 0.239 e. The van der Waals surface area contributed by atoms with Crippen molar-refractivity contribution in [3.63, 3.8) is 0 Å². The van der Waals surface area contributed by atoms with E-state index in [1.54, 1.807) is 7.05 Å². The van der Waals surface area contributed by atoms with Crippen molar-refractivity contribution in [2.24, 2.45) is 4.99 Å². The number of nitrogens with one attached hydrogen (secondary N) is 3. The summed E-state index contributed by atoms with van der Waals surface area (Å²) in [4.78, 5) is 18.4. The predicted octanol–water partition coefficient (Wildman–Crippen LogP) is 1.96. The first-order valence-corrected chi connectivity index (χ1v) is 9.21. The maximum atomic E-state index is 11.7. The second-order valence-corrected chi connectivity index (χ2v) is 6.46. The van der Waals surface area contributed by atoms with E-state index >= 15 is 0 Å². The Morgan fingerprint density at radius 1 is 1.19 bits per heavy atom. The van der Waals surface area contributed by atoms with Crippen LogP contribution in [0.25, 0.3) is 0 Å². The van der Waals surface area contributed by atoms with Crippen molar-refractivity contribution in [1.82, 2.24) is 20.9 Å². The standard InChI is InChI=1S/C19H31N5O.HI/c1-3-11-21-18(25)14-22-19(20-2)23-17-9-12-24(13-10-17)15-16-7-5-4-6-8-16;/h4-8,17H,3,9-15H2,1-2H3,(H,21,25)(H2,20,22,23);1H. The minimum atomic E-state index is 0. The summed E-state index contributed by atoms with van der Waals surface area (Å²) in [6, 6.07) is 11.0. The van der Waals surface area contributed by atoms with E-state index in [4.69, 9.17) is 0 Å². The second-order valence-electron chi connectivity index (χ2n) is 6.46. The van der Waals surface area contributed by atoms with Gasteiger partial charge in [0.05, 0.1) is 6.54 Å². The minimum Gasteiger partial charge on any atom is -0.355 e. The quantitative estimate of drug-likeness (QED) is 0.322. The first-order chi connectivity index (χ1) is 12.2. The van der Waals surface area contributed by atoms with Crippen molar-refractivity contribution in [2.75, 3.05) is 33.2 Å². The molecule has 0 bridgehead atoms. The first-order valence-electron chi connectivity index (χ1n) is 9.21. The molecule has 0 aromatic heterocycles. The molecule has 7 heteroatoms. The number of halogens is 1. The van der Waals surface area contributed by atoms with Gasteiger partial charge in [0, 0.05) is 39.3 Å². The van der Waals surface area contributed by atoms with Crippen molar-refractivity contribution in [3.05, 3.63) is 35.9 Å². The molecule has 1 heterocycles. The normalized spacial score (nSPS) is 15.8. The van der Waals surface area contributed by atoms with Crippen molar-refractivity contribution < 1.29 is 4.79 Å². The third-order valence-electron chi connectivity index (χ3n) is 4.39. The Balaban J connectivity index is 0.00000338. The number of hydrogen-bond donors (Lipinski definition) is 3. The number of benzene rings is 1. The number of carbonyl (C=O) groups excluding carboxylic acids is 1. The van der Waals surface area contributed by atoms with E-state index < -0.39 is 0 Å². The smallest absolute Gasteiger partial charge is 0.239 e. The van der Waals surface area contributed by atoms with E-state index in [1.807, 2.05) is 6.92 Å². The molecule has 146 valence electrons. The van der Waals surface area contributed by atoms with Crippen LogP contribution in [-0.2, 0) is 11.3 Å².